The molecule has 9 aromatic rings. The van der Waals surface area contributed by atoms with Crippen LogP contribution in [0.15, 0.2) is 146 Å². The fourth-order valence-electron chi connectivity index (χ4n) is 9.25. The summed E-state index contributed by atoms with van der Waals surface area (Å²) in [7, 11) is 0. The Bertz CT molecular complexity index is 3480. The second kappa shape index (κ2) is 17.0. The van der Waals surface area contributed by atoms with Gasteiger partial charge in [0.25, 0.3) is 5.69 Å². The summed E-state index contributed by atoms with van der Waals surface area (Å²) in [4.78, 5) is 4.94. The van der Waals surface area contributed by atoms with Crippen molar-refractivity contribution < 1.29 is 25.8 Å². The molecule has 5 nitrogen and oxygen atoms in total. The van der Waals surface area contributed by atoms with Crippen LogP contribution in [0.4, 0.5) is 22.7 Å². The Morgan fingerprint density at radius 1 is 0.515 bits per heavy atom. The molecule has 0 bridgehead atoms. The Hall–Kier alpha value is -6.38. The van der Waals surface area contributed by atoms with Crippen LogP contribution in [0.3, 0.4) is 0 Å². The molecule has 0 amide bonds. The van der Waals surface area contributed by atoms with Gasteiger partial charge in [0.2, 0.25) is 5.69 Å². The van der Waals surface area contributed by atoms with E-state index in [9.17, 15) is 0 Å². The predicted molar refractivity (Wildman–Crippen MR) is 281 cm³/mol. The van der Waals surface area contributed by atoms with Gasteiger partial charge in [-0.15, -0.1) is 23.6 Å². The van der Waals surface area contributed by atoms with Crippen LogP contribution in [0.2, 0.25) is 0 Å². The van der Waals surface area contributed by atoms with E-state index in [4.69, 9.17) is 9.72 Å². The Balaban J connectivity index is 0.00000578. The SMILES string of the molecule is CC(C)(C)c1cc([N+]2=C=[N+](c3[c-]c(Oc4[c-]c5c(cc4)c4cc(C(C)(C)C)ccc4n5-c4cc(C(C)(C)C)ccn4)ccc3)c3cccc(-c4cccc5ccccc45)c32)cc(C(C)(C)C)c1.[Pt+2]. The number of nitrogens with zero attached hydrogens (tertiary/aromatic N) is 4. The first-order valence-corrected chi connectivity index (χ1v) is 23.5. The normalized spacial score (nSPS) is 13.1. The van der Waals surface area contributed by atoms with Crippen LogP contribution in [0.1, 0.15) is 105 Å². The summed E-state index contributed by atoms with van der Waals surface area (Å²) in [6.07, 6.45) is 1.92. The molecule has 0 saturated carbocycles. The quantitative estimate of drug-likeness (QED) is 0.123. The van der Waals surface area contributed by atoms with Gasteiger partial charge in [-0.3, -0.25) is 0 Å². The van der Waals surface area contributed by atoms with E-state index in [-0.39, 0.29) is 42.7 Å². The van der Waals surface area contributed by atoms with Crippen molar-refractivity contribution in [1.82, 2.24) is 18.7 Å². The summed E-state index contributed by atoms with van der Waals surface area (Å²) in [5.74, 6) is 2.03. The van der Waals surface area contributed by atoms with E-state index in [0.29, 0.717) is 11.5 Å². The van der Waals surface area contributed by atoms with Gasteiger partial charge < -0.3 is 9.30 Å². The van der Waals surface area contributed by atoms with Crippen LogP contribution in [0.5, 0.6) is 11.5 Å². The number of rotatable bonds is 6. The number of para-hydroxylation sites is 1. The molecule has 1 aliphatic rings. The summed E-state index contributed by atoms with van der Waals surface area (Å²) >= 11 is 0. The Morgan fingerprint density at radius 3 is 1.87 bits per heavy atom. The number of hydrogen-bond donors (Lipinski definition) is 0. The largest absolute Gasteiger partial charge is 2.00 e. The number of ether oxygens (including phenoxy) is 1. The van der Waals surface area contributed by atoms with Crippen molar-refractivity contribution in [3.05, 3.63) is 180 Å². The third-order valence-electron chi connectivity index (χ3n) is 13.2. The monoisotopic (exact) mass is 1070 g/mol. The molecule has 0 saturated heterocycles. The predicted octanol–water partition coefficient (Wildman–Crippen LogP) is 16.4. The van der Waals surface area contributed by atoms with Gasteiger partial charge in [0.05, 0.1) is 5.56 Å². The molecule has 0 spiro atoms. The third kappa shape index (κ3) is 8.57. The summed E-state index contributed by atoms with van der Waals surface area (Å²) in [6.45, 7) is 27.2. The molecule has 0 N–H and O–H groups in total. The maximum atomic E-state index is 6.76. The molecule has 1 aliphatic heterocycles. The van der Waals surface area contributed by atoms with Crippen LogP contribution < -0.4 is 13.9 Å². The van der Waals surface area contributed by atoms with E-state index in [0.717, 1.165) is 55.9 Å². The fraction of sp³-hybridized carbons (Fsp3) is 0.258. The Morgan fingerprint density at radius 2 is 1.15 bits per heavy atom. The van der Waals surface area contributed by atoms with Crippen molar-refractivity contribution in [2.24, 2.45) is 0 Å². The van der Waals surface area contributed by atoms with Gasteiger partial charge in [0.15, 0.2) is 0 Å². The topological polar surface area (TPSA) is 33.1 Å². The Labute approximate surface area is 416 Å². The second-order valence-electron chi connectivity index (χ2n) is 22.3. The molecule has 68 heavy (non-hydrogen) atoms. The summed E-state index contributed by atoms with van der Waals surface area (Å²) in [6, 6.07) is 61.4. The van der Waals surface area contributed by atoms with E-state index in [1.165, 1.54) is 38.6 Å². The van der Waals surface area contributed by atoms with Gasteiger partial charge in [-0.25, -0.2) is 4.98 Å². The first-order valence-electron chi connectivity index (χ1n) is 23.5. The number of aromatic nitrogens is 2. The average Bonchev–Trinajstić information content (AvgIpc) is 3.84. The molecule has 0 aliphatic carbocycles. The van der Waals surface area contributed by atoms with Crippen molar-refractivity contribution in [2.75, 3.05) is 0 Å². The van der Waals surface area contributed by atoms with Gasteiger partial charge in [-0.05, 0) is 94.5 Å². The van der Waals surface area contributed by atoms with Crippen LogP contribution in [-0.4, -0.2) is 15.6 Å². The molecule has 0 unspecified atom stereocenters. The third-order valence-corrected chi connectivity index (χ3v) is 13.2. The minimum absolute atomic E-state index is 0. The molecule has 0 radical (unpaired) electrons. The van der Waals surface area contributed by atoms with Gasteiger partial charge in [0, 0.05) is 41.4 Å². The second-order valence-corrected chi connectivity index (χ2v) is 22.3. The van der Waals surface area contributed by atoms with Gasteiger partial charge in [-0.2, -0.15) is 12.1 Å². The zero-order chi connectivity index (χ0) is 47.2. The van der Waals surface area contributed by atoms with E-state index < -0.39 is 0 Å². The van der Waals surface area contributed by atoms with Crippen LogP contribution >= 0.6 is 0 Å². The molecule has 10 rings (SSSR count). The van der Waals surface area contributed by atoms with Crippen molar-refractivity contribution in [2.45, 2.75) is 105 Å². The smallest absolute Gasteiger partial charge is 0.509 e. The summed E-state index contributed by atoms with van der Waals surface area (Å²) in [5.41, 5.74) is 13.1. The van der Waals surface area contributed by atoms with Gasteiger partial charge in [-0.1, -0.05) is 172 Å². The molecule has 2 aromatic heterocycles. The maximum absolute atomic E-state index is 6.76. The molecule has 0 atom stereocenters. The number of benzene rings is 7. The molecule has 0 fully saturated rings. The number of pyridine rings is 1. The van der Waals surface area contributed by atoms with Crippen molar-refractivity contribution in [3.63, 3.8) is 0 Å². The van der Waals surface area contributed by atoms with Crippen LogP contribution in [0.25, 0.3) is 49.5 Å². The zero-order valence-electron chi connectivity index (χ0n) is 41.4. The van der Waals surface area contributed by atoms with E-state index in [1.54, 1.807) is 0 Å². The Kier molecular flexibility index (Phi) is 11.7. The molecule has 6 heteroatoms. The number of hydrogen-bond acceptors (Lipinski definition) is 2. The molecular formula is C62H60N4OPt+2. The van der Waals surface area contributed by atoms with Crippen LogP contribution in [0, 0.1) is 12.1 Å². The standard InChI is InChI=1S/C62H60N4O.Pt/c1-59(2,3)41-26-29-54-53(35-41)51-28-27-48(38-56(51)66(54)57-36-42(30-31-63-57)60(4,5)6)67-47-21-16-20-45(37-47)64-39-65(46-33-43(61(7,8)9)32-44(34-46)62(10,11)12)58-52(24-17-25-55(58)64)50-23-15-19-40-18-13-14-22-49(40)50;/h13-36H,1-12H3;/q;+2. The van der Waals surface area contributed by atoms with Crippen molar-refractivity contribution >= 4 is 61.3 Å². The minimum Gasteiger partial charge on any atom is -0.509 e. The van der Waals surface area contributed by atoms with E-state index in [2.05, 4.69) is 236 Å². The van der Waals surface area contributed by atoms with Crippen molar-refractivity contribution in [3.8, 4) is 28.4 Å². The molecule has 7 aromatic carbocycles. The zero-order valence-corrected chi connectivity index (χ0v) is 43.6. The van der Waals surface area contributed by atoms with Crippen molar-refractivity contribution in [1.29, 1.82) is 0 Å². The minimum atomic E-state index is -0.0659. The van der Waals surface area contributed by atoms with E-state index in [1.807, 2.05) is 24.4 Å². The molecular weight excluding hydrogens is 1010 g/mol. The van der Waals surface area contributed by atoms with Gasteiger partial charge in [0.1, 0.15) is 11.5 Å². The van der Waals surface area contributed by atoms with E-state index >= 15 is 0 Å². The summed E-state index contributed by atoms with van der Waals surface area (Å²) < 4.78 is 13.4. The molecule has 342 valence electrons. The summed E-state index contributed by atoms with van der Waals surface area (Å²) in [5, 5.41) is 4.67. The maximum Gasteiger partial charge on any atom is 2.00 e. The number of fused-ring (bicyclic) bond motifs is 5. The molecule has 3 heterocycles. The first-order chi connectivity index (χ1) is 31.7. The van der Waals surface area contributed by atoms with Crippen LogP contribution in [-0.2, 0) is 42.7 Å². The first kappa shape index (κ1) is 46.7. The average molecular weight is 1070 g/mol. The van der Waals surface area contributed by atoms with Gasteiger partial charge >= 0.3 is 32.8 Å². The fourth-order valence-corrected chi connectivity index (χ4v) is 9.25.